The summed E-state index contributed by atoms with van der Waals surface area (Å²) in [6.45, 7) is 20.4. The van der Waals surface area contributed by atoms with E-state index in [0.29, 0.717) is 0 Å². The fraction of sp³-hybridized carbons (Fsp3) is 0.167. The van der Waals surface area contributed by atoms with Crippen LogP contribution in [0.3, 0.4) is 0 Å². The summed E-state index contributed by atoms with van der Waals surface area (Å²) in [7, 11) is 0. The highest BCUT2D eigenvalue weighted by Crippen LogP contribution is 1.78. The molecule has 0 atom stereocenters. The highest BCUT2D eigenvalue weighted by Gasteiger charge is 1.89. The average Bonchev–Trinajstić information content (AvgIpc) is 2.62. The van der Waals surface area contributed by atoms with Gasteiger partial charge in [-0.2, -0.15) is 0 Å². The van der Waals surface area contributed by atoms with Crippen molar-refractivity contribution in [2.45, 2.75) is 0 Å². The molecule has 0 aliphatic carbocycles. The molecule has 6 nitrogen and oxygen atoms in total. The minimum Gasteiger partial charge on any atom is -0.458 e. The molecule has 0 aliphatic heterocycles. The summed E-state index contributed by atoms with van der Waals surface area (Å²) < 4.78 is 13.4. The van der Waals surface area contributed by atoms with E-state index in [9.17, 15) is 14.4 Å². The Hall–Kier alpha value is -3.15. The first-order chi connectivity index (χ1) is 11.4. The van der Waals surface area contributed by atoms with Gasteiger partial charge in [0.1, 0.15) is 19.8 Å². The zero-order valence-electron chi connectivity index (χ0n) is 13.8. The SMILES string of the molecule is C=CCOC(=O)C=C.C=CCOC(=O)C=C.C=CCOC(=O)C=C. The Kier molecular flexibility index (Phi) is 23.8. The number of rotatable bonds is 9. The van der Waals surface area contributed by atoms with Crippen LogP contribution in [0.15, 0.2) is 75.9 Å². The van der Waals surface area contributed by atoms with E-state index in [1.54, 1.807) is 0 Å². The monoisotopic (exact) mass is 336 g/mol. The molecule has 0 saturated heterocycles. The molecular weight excluding hydrogens is 312 g/mol. The summed E-state index contributed by atoms with van der Waals surface area (Å²) in [6.07, 6.45) is 7.85. The van der Waals surface area contributed by atoms with Crippen LogP contribution in [-0.2, 0) is 28.6 Å². The normalized spacial score (nSPS) is 7.50. The van der Waals surface area contributed by atoms with Crippen LogP contribution in [0, 0.1) is 0 Å². The van der Waals surface area contributed by atoms with Crippen LogP contribution < -0.4 is 0 Å². The molecule has 0 amide bonds. The van der Waals surface area contributed by atoms with Crippen molar-refractivity contribution in [3.05, 3.63) is 75.9 Å². The Morgan fingerprint density at radius 1 is 0.542 bits per heavy atom. The standard InChI is InChI=1S/3C6H8O2/c3*1-3-5-8-6(7)4-2/h3*3-4H,1-2,5H2. The van der Waals surface area contributed by atoms with Crippen LogP contribution in [0.2, 0.25) is 0 Å². The summed E-state index contributed by atoms with van der Waals surface area (Å²) >= 11 is 0. The Morgan fingerprint density at radius 2 is 0.750 bits per heavy atom. The summed E-state index contributed by atoms with van der Waals surface area (Å²) in [5.41, 5.74) is 0. The van der Waals surface area contributed by atoms with Crippen LogP contribution in [0.1, 0.15) is 0 Å². The first kappa shape index (κ1) is 25.8. The van der Waals surface area contributed by atoms with Crippen LogP contribution >= 0.6 is 0 Å². The highest BCUT2D eigenvalue weighted by molar-refractivity contribution is 5.81. The third-order valence-electron chi connectivity index (χ3n) is 1.53. The maximum Gasteiger partial charge on any atom is 0.330 e. The van der Waals surface area contributed by atoms with E-state index in [4.69, 9.17) is 0 Å². The van der Waals surface area contributed by atoms with Gasteiger partial charge in [-0.3, -0.25) is 0 Å². The minimum absolute atomic E-state index is 0.255. The molecule has 132 valence electrons. The van der Waals surface area contributed by atoms with Gasteiger partial charge in [0.05, 0.1) is 0 Å². The second kappa shape index (κ2) is 22.1. The van der Waals surface area contributed by atoms with E-state index in [2.05, 4.69) is 53.7 Å². The van der Waals surface area contributed by atoms with Crippen LogP contribution in [0.25, 0.3) is 0 Å². The average molecular weight is 336 g/mol. The van der Waals surface area contributed by atoms with Crippen molar-refractivity contribution in [2.24, 2.45) is 0 Å². The molecule has 0 N–H and O–H groups in total. The third kappa shape index (κ3) is 27.2. The van der Waals surface area contributed by atoms with Crippen molar-refractivity contribution >= 4 is 17.9 Å². The number of carbonyl (C=O) groups excluding carboxylic acids is 3. The van der Waals surface area contributed by atoms with Gasteiger partial charge in [0.15, 0.2) is 0 Å². The topological polar surface area (TPSA) is 78.9 Å². The summed E-state index contributed by atoms with van der Waals surface area (Å²) in [6, 6.07) is 0. The van der Waals surface area contributed by atoms with Crippen molar-refractivity contribution in [3.63, 3.8) is 0 Å². The zero-order valence-corrected chi connectivity index (χ0v) is 13.8. The number of hydrogen-bond acceptors (Lipinski definition) is 6. The molecule has 0 rings (SSSR count). The van der Waals surface area contributed by atoms with Gasteiger partial charge in [-0.05, 0) is 0 Å². The van der Waals surface area contributed by atoms with Gasteiger partial charge in [0.25, 0.3) is 0 Å². The summed E-state index contributed by atoms with van der Waals surface area (Å²) in [5.74, 6) is -1.24. The lowest BCUT2D eigenvalue weighted by Gasteiger charge is -1.92. The molecule has 0 unspecified atom stereocenters. The van der Waals surface area contributed by atoms with Gasteiger partial charge >= 0.3 is 17.9 Å². The van der Waals surface area contributed by atoms with Gasteiger partial charge in [-0.15, -0.1) is 0 Å². The molecule has 0 spiro atoms. The van der Waals surface area contributed by atoms with Crippen molar-refractivity contribution in [1.29, 1.82) is 0 Å². The Bertz CT molecular complexity index is 382. The van der Waals surface area contributed by atoms with Gasteiger partial charge in [0.2, 0.25) is 0 Å². The lowest BCUT2D eigenvalue weighted by molar-refractivity contribution is -0.137. The maximum atomic E-state index is 10.2. The van der Waals surface area contributed by atoms with Crippen molar-refractivity contribution < 1.29 is 28.6 Å². The molecule has 6 heteroatoms. The number of esters is 3. The van der Waals surface area contributed by atoms with Gasteiger partial charge in [-0.25, -0.2) is 14.4 Å². The number of ether oxygens (including phenoxy) is 3. The Morgan fingerprint density at radius 3 is 0.875 bits per heavy atom. The van der Waals surface area contributed by atoms with Gasteiger partial charge < -0.3 is 14.2 Å². The Balaban J connectivity index is -0.000000276. The Labute approximate surface area is 143 Å². The summed E-state index contributed by atoms with van der Waals surface area (Å²) in [5, 5.41) is 0. The molecule has 0 aliphatic rings. The van der Waals surface area contributed by atoms with Crippen LogP contribution in [0.5, 0.6) is 0 Å². The predicted octanol–water partition coefficient (Wildman–Crippen LogP) is 2.70. The smallest absolute Gasteiger partial charge is 0.330 e. The first-order valence-corrected chi connectivity index (χ1v) is 6.63. The number of hydrogen-bond donors (Lipinski definition) is 0. The van der Waals surface area contributed by atoms with Crippen molar-refractivity contribution in [3.8, 4) is 0 Å². The lowest BCUT2D eigenvalue weighted by Crippen LogP contribution is -1.98. The van der Waals surface area contributed by atoms with Crippen molar-refractivity contribution in [2.75, 3.05) is 19.8 Å². The second-order valence-corrected chi connectivity index (χ2v) is 3.37. The number of carbonyl (C=O) groups is 3. The molecular formula is C18H24O6. The van der Waals surface area contributed by atoms with Gasteiger partial charge in [-0.1, -0.05) is 57.7 Å². The maximum absolute atomic E-state index is 10.2. The van der Waals surface area contributed by atoms with Crippen LogP contribution in [-0.4, -0.2) is 37.7 Å². The molecule has 0 radical (unpaired) electrons. The quantitative estimate of drug-likeness (QED) is 0.279. The van der Waals surface area contributed by atoms with E-state index in [1.807, 2.05) is 0 Å². The minimum atomic E-state index is -0.412. The molecule has 0 aromatic heterocycles. The molecule has 0 saturated carbocycles. The third-order valence-corrected chi connectivity index (χ3v) is 1.53. The van der Waals surface area contributed by atoms with Crippen molar-refractivity contribution in [1.82, 2.24) is 0 Å². The zero-order chi connectivity index (χ0) is 19.2. The molecule has 24 heavy (non-hydrogen) atoms. The molecule has 0 aromatic carbocycles. The van der Waals surface area contributed by atoms with E-state index in [1.165, 1.54) is 18.2 Å². The molecule has 0 aromatic rings. The van der Waals surface area contributed by atoms with E-state index < -0.39 is 17.9 Å². The lowest BCUT2D eigenvalue weighted by atomic mass is 10.6. The largest absolute Gasteiger partial charge is 0.458 e. The fourth-order valence-electron chi connectivity index (χ4n) is 0.600. The van der Waals surface area contributed by atoms with Gasteiger partial charge in [0, 0.05) is 18.2 Å². The second-order valence-electron chi connectivity index (χ2n) is 3.37. The van der Waals surface area contributed by atoms with E-state index in [0.717, 1.165) is 18.2 Å². The molecule has 0 fully saturated rings. The summed E-state index contributed by atoms with van der Waals surface area (Å²) in [4.78, 5) is 30.5. The molecule has 0 heterocycles. The fourth-order valence-corrected chi connectivity index (χ4v) is 0.600. The predicted molar refractivity (Wildman–Crippen MR) is 94.1 cm³/mol. The van der Waals surface area contributed by atoms with E-state index in [-0.39, 0.29) is 19.8 Å². The highest BCUT2D eigenvalue weighted by atomic mass is 16.5. The molecule has 0 bridgehead atoms. The first-order valence-electron chi connectivity index (χ1n) is 6.63. The van der Waals surface area contributed by atoms with Crippen LogP contribution in [0.4, 0.5) is 0 Å². The van der Waals surface area contributed by atoms with E-state index >= 15 is 0 Å².